The van der Waals surface area contributed by atoms with E-state index in [2.05, 4.69) is 24.4 Å². The minimum absolute atomic E-state index is 0.411. The van der Waals surface area contributed by atoms with Crippen LogP contribution in [-0.2, 0) is 0 Å². The first-order valence-electron chi connectivity index (χ1n) is 4.65. The number of hydrogen-bond acceptors (Lipinski definition) is 3. The Balaban J connectivity index is 2.80. The molecule has 0 aromatic heterocycles. The van der Waals surface area contributed by atoms with Gasteiger partial charge in [-0.3, -0.25) is 5.43 Å². The highest BCUT2D eigenvalue weighted by Gasteiger charge is 2.55. The molecule has 1 heterocycles. The van der Waals surface area contributed by atoms with Crippen LogP contribution in [0, 0.1) is 5.92 Å². The van der Waals surface area contributed by atoms with Crippen molar-refractivity contribution in [2.24, 2.45) is 11.0 Å². The summed E-state index contributed by atoms with van der Waals surface area (Å²) in [5.74, 6) is 0.411. The Bertz CT molecular complexity index is 273. The molecule has 0 aliphatic carbocycles. The predicted octanol–water partition coefficient (Wildman–Crippen LogP) is 3.36. The van der Waals surface area contributed by atoms with Crippen LogP contribution in [0.1, 0.15) is 13.8 Å². The molecular formula is C8H12Cl5N3. The van der Waals surface area contributed by atoms with E-state index in [1.165, 1.54) is 0 Å². The molecule has 94 valence electrons. The van der Waals surface area contributed by atoms with Crippen molar-refractivity contribution in [3.8, 4) is 0 Å². The van der Waals surface area contributed by atoms with Crippen LogP contribution >= 0.6 is 58.0 Å². The smallest absolute Gasteiger partial charge is 0.227 e. The van der Waals surface area contributed by atoms with Gasteiger partial charge in [0.2, 0.25) is 8.13 Å². The molecule has 1 aliphatic rings. The Morgan fingerprint density at radius 1 is 1.31 bits per heavy atom. The van der Waals surface area contributed by atoms with Gasteiger partial charge in [-0.15, -0.1) is 0 Å². The molecular weight excluding hydrogens is 315 g/mol. The van der Waals surface area contributed by atoms with E-state index < -0.39 is 14.3 Å². The molecule has 0 radical (unpaired) electrons. The summed E-state index contributed by atoms with van der Waals surface area (Å²) in [6, 6.07) is 0. The lowest BCUT2D eigenvalue weighted by molar-refractivity contribution is 0.255. The highest BCUT2D eigenvalue weighted by atomic mass is 35.6. The van der Waals surface area contributed by atoms with Gasteiger partial charge in [0.25, 0.3) is 0 Å². The van der Waals surface area contributed by atoms with Crippen LogP contribution in [0.3, 0.4) is 0 Å². The van der Waals surface area contributed by atoms with Gasteiger partial charge < -0.3 is 4.90 Å². The quantitative estimate of drug-likeness (QED) is 0.805. The molecule has 0 bridgehead atoms. The van der Waals surface area contributed by atoms with Crippen molar-refractivity contribution in [1.29, 1.82) is 0 Å². The molecule has 0 amide bonds. The fourth-order valence-electron chi connectivity index (χ4n) is 1.34. The number of nitrogens with zero attached hydrogens (tertiary/aromatic N) is 2. The number of hydrazone groups is 1. The third kappa shape index (κ3) is 3.14. The Morgan fingerprint density at radius 3 is 2.31 bits per heavy atom. The SMILES string of the molecule is CC(C)CN1C=NNC1C(Cl)(Cl)C(Cl)(Cl)Cl. The minimum Gasteiger partial charge on any atom is -0.337 e. The summed E-state index contributed by atoms with van der Waals surface area (Å²) in [5.41, 5.74) is 2.74. The van der Waals surface area contributed by atoms with Crippen molar-refractivity contribution < 1.29 is 0 Å². The van der Waals surface area contributed by atoms with Crippen LogP contribution in [0.2, 0.25) is 0 Å². The summed E-state index contributed by atoms with van der Waals surface area (Å²) in [4.78, 5) is 1.81. The Hall–Kier alpha value is 0.720. The largest absolute Gasteiger partial charge is 0.337 e. The Labute approximate surface area is 120 Å². The lowest BCUT2D eigenvalue weighted by Crippen LogP contribution is -2.56. The molecule has 0 aromatic carbocycles. The highest BCUT2D eigenvalue weighted by molar-refractivity contribution is 6.75. The summed E-state index contributed by atoms with van der Waals surface area (Å²) in [6.07, 6.45) is 1.03. The number of alkyl halides is 5. The number of rotatable bonds is 3. The molecule has 16 heavy (non-hydrogen) atoms. The van der Waals surface area contributed by atoms with Gasteiger partial charge >= 0.3 is 0 Å². The van der Waals surface area contributed by atoms with Crippen molar-refractivity contribution in [3.05, 3.63) is 0 Å². The lowest BCUT2D eigenvalue weighted by Gasteiger charge is -2.37. The zero-order valence-corrected chi connectivity index (χ0v) is 12.5. The van der Waals surface area contributed by atoms with Crippen molar-refractivity contribution in [2.45, 2.75) is 28.1 Å². The van der Waals surface area contributed by atoms with Crippen LogP contribution in [0.15, 0.2) is 5.10 Å². The molecule has 1 aliphatic heterocycles. The van der Waals surface area contributed by atoms with Crippen molar-refractivity contribution >= 4 is 64.3 Å². The van der Waals surface area contributed by atoms with E-state index in [0.29, 0.717) is 12.5 Å². The van der Waals surface area contributed by atoms with Crippen LogP contribution in [0.25, 0.3) is 0 Å². The fourth-order valence-corrected chi connectivity index (χ4v) is 2.00. The van der Waals surface area contributed by atoms with Gasteiger partial charge in [0, 0.05) is 6.54 Å². The first-order valence-corrected chi connectivity index (χ1v) is 6.54. The maximum Gasteiger partial charge on any atom is 0.227 e. The monoisotopic (exact) mass is 325 g/mol. The molecule has 3 nitrogen and oxygen atoms in total. The third-order valence-electron chi connectivity index (χ3n) is 2.03. The second-order valence-electron chi connectivity index (χ2n) is 3.99. The van der Waals surface area contributed by atoms with Crippen LogP contribution in [0.4, 0.5) is 0 Å². The van der Waals surface area contributed by atoms with Gasteiger partial charge in [-0.1, -0.05) is 71.9 Å². The summed E-state index contributed by atoms with van der Waals surface area (Å²) < 4.78 is -3.40. The van der Waals surface area contributed by atoms with E-state index in [-0.39, 0.29) is 0 Å². The van der Waals surface area contributed by atoms with Gasteiger partial charge in [-0.2, -0.15) is 5.10 Å². The summed E-state index contributed by atoms with van der Waals surface area (Å²) in [6.45, 7) is 4.83. The Morgan fingerprint density at radius 2 is 1.88 bits per heavy atom. The van der Waals surface area contributed by atoms with Crippen LogP contribution in [-0.4, -0.2) is 32.1 Å². The van der Waals surface area contributed by atoms with Gasteiger partial charge in [0.15, 0.2) is 6.17 Å². The van der Waals surface area contributed by atoms with E-state index in [9.17, 15) is 0 Å². The van der Waals surface area contributed by atoms with Crippen molar-refractivity contribution in [3.63, 3.8) is 0 Å². The van der Waals surface area contributed by atoms with E-state index in [1.807, 2.05) is 4.90 Å². The summed E-state index contributed by atoms with van der Waals surface area (Å²) in [7, 11) is 0. The zero-order valence-electron chi connectivity index (χ0n) is 8.72. The minimum atomic E-state index is -1.81. The fraction of sp³-hybridized carbons (Fsp3) is 0.875. The highest BCUT2D eigenvalue weighted by Crippen LogP contribution is 2.49. The van der Waals surface area contributed by atoms with Crippen LogP contribution in [0.5, 0.6) is 0 Å². The van der Waals surface area contributed by atoms with Gasteiger partial charge in [0.05, 0.1) is 0 Å². The molecule has 1 atom stereocenters. The summed E-state index contributed by atoms with van der Waals surface area (Å²) >= 11 is 29.4. The van der Waals surface area contributed by atoms with E-state index >= 15 is 0 Å². The molecule has 0 fully saturated rings. The topological polar surface area (TPSA) is 27.6 Å². The second kappa shape index (κ2) is 5.15. The second-order valence-corrected chi connectivity index (χ2v) is 7.65. The molecule has 0 aromatic rings. The lowest BCUT2D eigenvalue weighted by atomic mass is 10.2. The van der Waals surface area contributed by atoms with Gasteiger partial charge in [0.1, 0.15) is 6.34 Å². The van der Waals surface area contributed by atoms with E-state index in [4.69, 9.17) is 58.0 Å². The normalized spacial score (nSPS) is 21.8. The standard InChI is InChI=1S/C8H12Cl5N3/c1-5(2)3-16-4-14-15-6(16)7(9,10)8(11,12)13/h4-6,15H,3H2,1-2H3. The average molecular weight is 327 g/mol. The molecule has 1 rings (SSSR count). The third-order valence-corrected chi connectivity index (χ3v) is 4.49. The van der Waals surface area contributed by atoms with Gasteiger partial charge in [-0.05, 0) is 5.92 Å². The molecule has 0 saturated heterocycles. The van der Waals surface area contributed by atoms with Crippen LogP contribution < -0.4 is 5.43 Å². The van der Waals surface area contributed by atoms with E-state index in [1.54, 1.807) is 6.34 Å². The summed E-state index contributed by atoms with van der Waals surface area (Å²) in [5, 5.41) is 3.89. The first-order chi connectivity index (χ1) is 7.16. The maximum atomic E-state index is 6.08. The predicted molar refractivity (Wildman–Crippen MR) is 71.7 cm³/mol. The molecule has 8 heteroatoms. The van der Waals surface area contributed by atoms with Crippen molar-refractivity contribution in [1.82, 2.24) is 10.3 Å². The average Bonchev–Trinajstić information content (AvgIpc) is 2.49. The molecule has 0 spiro atoms. The molecule has 1 N–H and O–H groups in total. The first kappa shape index (κ1) is 14.8. The molecule has 0 saturated carbocycles. The number of nitrogens with one attached hydrogen (secondary N) is 1. The number of halogens is 5. The van der Waals surface area contributed by atoms with E-state index in [0.717, 1.165) is 0 Å². The Kier molecular flexibility index (Phi) is 4.76. The zero-order chi connectivity index (χ0) is 12.6. The maximum absolute atomic E-state index is 6.08. The van der Waals surface area contributed by atoms with Gasteiger partial charge in [-0.25, -0.2) is 0 Å². The number of hydrogen-bond donors (Lipinski definition) is 1. The molecule has 1 unspecified atom stereocenters. The van der Waals surface area contributed by atoms with Crippen molar-refractivity contribution in [2.75, 3.05) is 6.54 Å².